The summed E-state index contributed by atoms with van der Waals surface area (Å²) in [7, 11) is 1.94. The molecule has 0 spiro atoms. The van der Waals surface area contributed by atoms with Crippen LogP contribution in [0.3, 0.4) is 0 Å². The highest BCUT2D eigenvalue weighted by Crippen LogP contribution is 1.82. The Kier molecular flexibility index (Phi) is 0.801. The van der Waals surface area contributed by atoms with E-state index in [4.69, 9.17) is 0 Å². The zero-order valence-electron chi connectivity index (χ0n) is 3.73. The van der Waals surface area contributed by atoms with Gasteiger partial charge in [-0.2, -0.15) is 0 Å². The summed E-state index contributed by atoms with van der Waals surface area (Å²) >= 11 is 0. The number of rotatable bonds is 0. The van der Waals surface area contributed by atoms with Crippen LogP contribution in [0.2, 0.25) is 0 Å². The molecule has 6 heavy (non-hydrogen) atoms. The van der Waals surface area contributed by atoms with E-state index < -0.39 is 0 Å². The topological polar surface area (TPSA) is 15.3 Å². The van der Waals surface area contributed by atoms with Gasteiger partial charge in [-0.05, 0) is 6.08 Å². The van der Waals surface area contributed by atoms with Gasteiger partial charge in [-0.1, -0.05) is 0 Å². The van der Waals surface area contributed by atoms with E-state index in [2.05, 4.69) is 11.5 Å². The molecular formula is C4H7N2. The van der Waals surface area contributed by atoms with Gasteiger partial charge in [-0.3, -0.25) is 0 Å². The van der Waals surface area contributed by atoms with Crippen LogP contribution in [0, 0.1) is 6.08 Å². The molecule has 1 heterocycles. The maximum atomic E-state index is 2.99. The van der Waals surface area contributed by atoms with Crippen molar-refractivity contribution >= 4 is 0 Å². The Labute approximate surface area is 37.4 Å². The second kappa shape index (κ2) is 1.30. The van der Waals surface area contributed by atoms with Gasteiger partial charge < -0.3 is 5.01 Å². The molecule has 2 heteroatoms. The van der Waals surface area contributed by atoms with E-state index in [9.17, 15) is 0 Å². The second-order valence-corrected chi connectivity index (χ2v) is 1.28. The smallest absolute Gasteiger partial charge is 0.0419 e. The lowest BCUT2D eigenvalue weighted by molar-refractivity contribution is 0.374. The van der Waals surface area contributed by atoms with Crippen LogP contribution in [0.15, 0.2) is 6.20 Å². The van der Waals surface area contributed by atoms with E-state index in [0.29, 0.717) is 0 Å². The molecule has 1 N–H and O–H groups in total. The summed E-state index contributed by atoms with van der Waals surface area (Å²) < 4.78 is 0. The van der Waals surface area contributed by atoms with E-state index in [1.54, 1.807) is 0 Å². The second-order valence-electron chi connectivity index (χ2n) is 1.28. The van der Waals surface area contributed by atoms with Gasteiger partial charge in [0.25, 0.3) is 0 Å². The highest BCUT2D eigenvalue weighted by molar-refractivity contribution is 4.78. The molecule has 2 nitrogen and oxygen atoms in total. The molecule has 1 aliphatic rings. The van der Waals surface area contributed by atoms with Gasteiger partial charge >= 0.3 is 0 Å². The van der Waals surface area contributed by atoms with Gasteiger partial charge in [0.2, 0.25) is 0 Å². The molecule has 0 aromatic carbocycles. The fraction of sp³-hybridized carbons (Fsp3) is 0.500. The van der Waals surface area contributed by atoms with Crippen molar-refractivity contribution in [3.05, 3.63) is 12.3 Å². The molecular weight excluding hydrogens is 76.1 g/mol. The predicted molar refractivity (Wildman–Crippen MR) is 23.6 cm³/mol. The van der Waals surface area contributed by atoms with Crippen molar-refractivity contribution in [2.24, 2.45) is 0 Å². The lowest BCUT2D eigenvalue weighted by Crippen LogP contribution is -2.23. The minimum absolute atomic E-state index is 0.858. The molecule has 0 atom stereocenters. The fourth-order valence-electron chi connectivity index (χ4n) is 0.399. The van der Waals surface area contributed by atoms with Crippen molar-refractivity contribution in [3.8, 4) is 0 Å². The van der Waals surface area contributed by atoms with Gasteiger partial charge in [0.15, 0.2) is 0 Å². The average molecular weight is 83.1 g/mol. The molecule has 0 saturated carbocycles. The first-order chi connectivity index (χ1) is 2.89. The molecule has 1 rings (SSSR count). The third-order valence-corrected chi connectivity index (χ3v) is 0.715. The molecule has 0 bridgehead atoms. The summed E-state index contributed by atoms with van der Waals surface area (Å²) in [4.78, 5) is 0. The van der Waals surface area contributed by atoms with Crippen molar-refractivity contribution < 1.29 is 0 Å². The molecule has 1 radical (unpaired) electrons. The third-order valence-electron chi connectivity index (χ3n) is 0.715. The average Bonchev–Trinajstić information content (AvgIpc) is 1.86. The number of hydrogen-bond donors (Lipinski definition) is 1. The Morgan fingerprint density at radius 3 is 3.00 bits per heavy atom. The summed E-state index contributed by atoms with van der Waals surface area (Å²) in [5.41, 5.74) is 2.99. The zero-order valence-corrected chi connectivity index (χ0v) is 3.73. The molecule has 0 fully saturated rings. The van der Waals surface area contributed by atoms with Crippen LogP contribution in [0.4, 0.5) is 0 Å². The van der Waals surface area contributed by atoms with Crippen molar-refractivity contribution in [1.29, 1.82) is 0 Å². The minimum atomic E-state index is 0.858. The lowest BCUT2D eigenvalue weighted by Gasteiger charge is -2.04. The number of nitrogens with one attached hydrogen (secondary N) is 1. The first-order valence-corrected chi connectivity index (χ1v) is 1.92. The molecule has 0 unspecified atom stereocenters. The van der Waals surface area contributed by atoms with Crippen molar-refractivity contribution in [1.82, 2.24) is 10.4 Å². The van der Waals surface area contributed by atoms with Gasteiger partial charge in [0, 0.05) is 19.8 Å². The molecule has 0 aliphatic carbocycles. The summed E-state index contributed by atoms with van der Waals surface area (Å²) in [6, 6.07) is 0. The van der Waals surface area contributed by atoms with E-state index in [1.165, 1.54) is 0 Å². The maximum Gasteiger partial charge on any atom is 0.0419 e. The summed E-state index contributed by atoms with van der Waals surface area (Å²) in [5, 5.41) is 1.88. The predicted octanol–water partition coefficient (Wildman–Crippen LogP) is -0.247. The van der Waals surface area contributed by atoms with E-state index >= 15 is 0 Å². The fourth-order valence-corrected chi connectivity index (χ4v) is 0.399. The minimum Gasteiger partial charge on any atom is -0.318 e. The van der Waals surface area contributed by atoms with Crippen LogP contribution in [0.1, 0.15) is 0 Å². The number of nitrogens with zero attached hydrogens (tertiary/aromatic N) is 1. The molecule has 1 aliphatic heterocycles. The SMILES string of the molecule is CN1C=[C]CN1. The van der Waals surface area contributed by atoms with Gasteiger partial charge in [0.1, 0.15) is 0 Å². The molecule has 0 aromatic rings. The van der Waals surface area contributed by atoms with Crippen LogP contribution < -0.4 is 5.43 Å². The van der Waals surface area contributed by atoms with Crippen LogP contribution in [0.25, 0.3) is 0 Å². The highest BCUT2D eigenvalue weighted by Gasteiger charge is 1.91. The Hall–Kier alpha value is -0.500. The van der Waals surface area contributed by atoms with Gasteiger partial charge in [0.05, 0.1) is 0 Å². The van der Waals surface area contributed by atoms with Crippen LogP contribution in [-0.4, -0.2) is 18.6 Å². The van der Waals surface area contributed by atoms with E-state index in [-0.39, 0.29) is 0 Å². The van der Waals surface area contributed by atoms with Crippen molar-refractivity contribution in [3.63, 3.8) is 0 Å². The largest absolute Gasteiger partial charge is 0.318 e. The molecule has 0 amide bonds. The van der Waals surface area contributed by atoms with Crippen LogP contribution >= 0.6 is 0 Å². The van der Waals surface area contributed by atoms with Gasteiger partial charge in [-0.25, -0.2) is 5.43 Å². The quantitative estimate of drug-likeness (QED) is 0.434. The molecule has 0 saturated heterocycles. The van der Waals surface area contributed by atoms with Crippen molar-refractivity contribution in [2.45, 2.75) is 0 Å². The lowest BCUT2D eigenvalue weighted by atomic mass is 10.7. The Morgan fingerprint density at radius 2 is 2.83 bits per heavy atom. The highest BCUT2D eigenvalue weighted by atomic mass is 15.5. The van der Waals surface area contributed by atoms with Crippen molar-refractivity contribution in [2.75, 3.05) is 13.6 Å². The number of hydrazine groups is 1. The summed E-state index contributed by atoms with van der Waals surface area (Å²) in [6.45, 7) is 0.858. The van der Waals surface area contributed by atoms with E-state index in [0.717, 1.165) is 6.54 Å². The zero-order chi connectivity index (χ0) is 4.41. The van der Waals surface area contributed by atoms with Gasteiger partial charge in [-0.15, -0.1) is 0 Å². The standard InChI is InChI=1S/C4H7N2/c1-6-4-2-3-5-6/h4-5H,3H2,1H3. The summed E-state index contributed by atoms with van der Waals surface area (Å²) in [6.07, 6.45) is 4.84. The van der Waals surface area contributed by atoms with E-state index in [1.807, 2.05) is 18.3 Å². The first kappa shape index (κ1) is 3.68. The van der Waals surface area contributed by atoms with Crippen LogP contribution in [-0.2, 0) is 0 Å². The maximum absolute atomic E-state index is 2.99. The Balaban J connectivity index is 2.38. The Morgan fingerprint density at radius 1 is 2.00 bits per heavy atom. The normalized spacial score (nSPS) is 19.8. The molecule has 33 valence electrons. The number of hydrogen-bond acceptors (Lipinski definition) is 2. The molecule has 0 aromatic heterocycles. The Bertz CT molecular complexity index is 67.9. The summed E-state index contributed by atoms with van der Waals surface area (Å²) in [5.74, 6) is 0. The first-order valence-electron chi connectivity index (χ1n) is 1.92. The van der Waals surface area contributed by atoms with Crippen LogP contribution in [0.5, 0.6) is 0 Å². The third kappa shape index (κ3) is 0.518. The monoisotopic (exact) mass is 83.1 g/mol.